The van der Waals surface area contributed by atoms with Gasteiger partial charge in [0.1, 0.15) is 16.4 Å². The number of ether oxygens (including phenoxy) is 2. The topological polar surface area (TPSA) is 57.5 Å². The Morgan fingerprint density at radius 3 is 2.15 bits per heavy atom. The number of halogens is 1. The van der Waals surface area contributed by atoms with Crippen molar-refractivity contribution >= 4 is 41.5 Å². The van der Waals surface area contributed by atoms with Crippen LogP contribution in [0.5, 0.6) is 11.5 Å². The monoisotopic (exact) mass is 401 g/mol. The fraction of sp³-hybridized carbons (Fsp3) is 0.100. The van der Waals surface area contributed by atoms with Gasteiger partial charge in [0.15, 0.2) is 0 Å². The summed E-state index contributed by atoms with van der Waals surface area (Å²) in [5, 5.41) is 1.56. The molecular weight excluding hydrogens is 386 g/mol. The summed E-state index contributed by atoms with van der Waals surface area (Å²) in [4.78, 5) is -0.00228. The first-order valence-corrected chi connectivity index (χ1v) is 10.5. The summed E-state index contributed by atoms with van der Waals surface area (Å²) in [7, 11) is 4.85. The lowest BCUT2D eigenvalue weighted by atomic mass is 10.1. The first-order chi connectivity index (χ1) is 12.9. The highest BCUT2D eigenvalue weighted by Gasteiger charge is 2.23. The molecule has 27 heavy (non-hydrogen) atoms. The quantitative estimate of drug-likeness (QED) is 0.464. The van der Waals surface area contributed by atoms with Gasteiger partial charge in [-0.3, -0.25) is 0 Å². The van der Waals surface area contributed by atoms with Crippen LogP contribution in [0.4, 0.5) is 0 Å². The normalized spacial score (nSPS) is 11.8. The van der Waals surface area contributed by atoms with Gasteiger partial charge in [-0.1, -0.05) is 18.2 Å². The van der Waals surface area contributed by atoms with E-state index in [0.717, 1.165) is 16.6 Å². The number of fused-ring (bicyclic) bond motifs is 3. The molecule has 138 valence electrons. The summed E-state index contributed by atoms with van der Waals surface area (Å²) in [6, 6.07) is 18.4. The molecule has 0 aliphatic heterocycles. The highest BCUT2D eigenvalue weighted by Crippen LogP contribution is 2.40. The second-order valence-corrected chi connectivity index (χ2v) is 8.55. The van der Waals surface area contributed by atoms with Crippen molar-refractivity contribution in [1.82, 2.24) is 4.57 Å². The molecule has 0 atom stereocenters. The molecule has 0 radical (unpaired) electrons. The Balaban J connectivity index is 2.29. The van der Waals surface area contributed by atoms with Crippen LogP contribution in [0.1, 0.15) is 0 Å². The van der Waals surface area contributed by atoms with Crippen LogP contribution >= 0.6 is 10.7 Å². The smallest absolute Gasteiger partial charge is 0.263 e. The predicted octanol–water partition coefficient (Wildman–Crippen LogP) is 4.73. The molecule has 1 aromatic heterocycles. The average Bonchev–Trinajstić information content (AvgIpc) is 3.00. The van der Waals surface area contributed by atoms with Crippen LogP contribution in [0.2, 0.25) is 0 Å². The third-order valence-corrected chi connectivity index (χ3v) is 5.85. The Morgan fingerprint density at radius 2 is 1.52 bits per heavy atom. The summed E-state index contributed by atoms with van der Waals surface area (Å²) in [5.41, 5.74) is 2.17. The lowest BCUT2D eigenvalue weighted by molar-refractivity contribution is 0.414. The van der Waals surface area contributed by atoms with Crippen LogP contribution in [0, 0.1) is 0 Å². The molecule has 0 aliphatic rings. The lowest BCUT2D eigenvalue weighted by Gasteiger charge is -2.11. The van der Waals surface area contributed by atoms with Crippen molar-refractivity contribution < 1.29 is 17.9 Å². The minimum Gasteiger partial charge on any atom is -0.497 e. The van der Waals surface area contributed by atoms with Crippen LogP contribution in [0.15, 0.2) is 65.6 Å². The number of benzene rings is 3. The zero-order chi connectivity index (χ0) is 19.2. The summed E-state index contributed by atoms with van der Waals surface area (Å²) >= 11 is 0. The molecule has 0 N–H and O–H groups in total. The van der Waals surface area contributed by atoms with Crippen molar-refractivity contribution in [1.29, 1.82) is 0 Å². The first-order valence-electron chi connectivity index (χ1n) is 8.14. The Bertz CT molecular complexity index is 1260. The molecule has 7 heteroatoms. The van der Waals surface area contributed by atoms with E-state index in [9.17, 15) is 8.42 Å². The molecule has 0 unspecified atom stereocenters. The van der Waals surface area contributed by atoms with Crippen molar-refractivity contribution in [3.63, 3.8) is 0 Å². The number of hydrogen-bond donors (Lipinski definition) is 0. The van der Waals surface area contributed by atoms with E-state index in [1.165, 1.54) is 13.2 Å². The van der Waals surface area contributed by atoms with Gasteiger partial charge in [0.25, 0.3) is 9.05 Å². The van der Waals surface area contributed by atoms with Crippen LogP contribution in [-0.2, 0) is 9.05 Å². The fourth-order valence-electron chi connectivity index (χ4n) is 3.34. The minimum absolute atomic E-state index is 0.00228. The maximum absolute atomic E-state index is 12.4. The zero-order valence-electron chi connectivity index (χ0n) is 14.6. The summed E-state index contributed by atoms with van der Waals surface area (Å²) < 4.78 is 37.3. The van der Waals surface area contributed by atoms with Crippen molar-refractivity contribution in [3.8, 4) is 17.2 Å². The molecule has 0 spiro atoms. The van der Waals surface area contributed by atoms with Gasteiger partial charge in [0.05, 0.1) is 25.3 Å². The van der Waals surface area contributed by atoms with E-state index in [2.05, 4.69) is 0 Å². The van der Waals surface area contributed by atoms with Crippen LogP contribution in [0.3, 0.4) is 0 Å². The predicted molar refractivity (Wildman–Crippen MR) is 107 cm³/mol. The Morgan fingerprint density at radius 1 is 0.852 bits per heavy atom. The number of methoxy groups -OCH3 is 2. The Kier molecular flexibility index (Phi) is 4.25. The summed E-state index contributed by atoms with van der Waals surface area (Å²) in [6.45, 7) is 0. The van der Waals surface area contributed by atoms with Gasteiger partial charge in [-0.25, -0.2) is 8.42 Å². The second-order valence-electron chi connectivity index (χ2n) is 6.01. The molecule has 0 amide bonds. The van der Waals surface area contributed by atoms with Crippen molar-refractivity contribution in [2.75, 3.05) is 14.2 Å². The van der Waals surface area contributed by atoms with E-state index in [0.29, 0.717) is 22.4 Å². The van der Waals surface area contributed by atoms with E-state index in [-0.39, 0.29) is 4.90 Å². The van der Waals surface area contributed by atoms with Crippen molar-refractivity contribution in [2.24, 2.45) is 0 Å². The molecule has 4 aromatic rings. The van der Waals surface area contributed by atoms with Crippen LogP contribution in [0.25, 0.3) is 27.5 Å². The summed E-state index contributed by atoms with van der Waals surface area (Å²) in [6.07, 6.45) is 0. The van der Waals surface area contributed by atoms with Gasteiger partial charge in [-0.05, 0) is 36.4 Å². The van der Waals surface area contributed by atoms with Crippen LogP contribution < -0.4 is 9.47 Å². The number of nitrogens with zero attached hydrogens (tertiary/aromatic N) is 1. The van der Waals surface area contributed by atoms with E-state index in [1.807, 2.05) is 59.2 Å². The number of para-hydroxylation sites is 1. The molecular formula is C20H16ClNO4S. The van der Waals surface area contributed by atoms with Gasteiger partial charge in [0.2, 0.25) is 0 Å². The van der Waals surface area contributed by atoms with Crippen LogP contribution in [-0.4, -0.2) is 27.2 Å². The highest BCUT2D eigenvalue weighted by molar-refractivity contribution is 8.14. The van der Waals surface area contributed by atoms with Gasteiger partial charge < -0.3 is 14.0 Å². The standard InChI is InChI=1S/C20H16ClNO4S/c1-25-14-8-9-18-16(10-14)17-11-15(26-2)12-19(27(21,23)24)20(17)22(18)13-6-4-3-5-7-13/h3-12H,1-2H3. The maximum Gasteiger partial charge on any atom is 0.263 e. The third kappa shape index (κ3) is 2.91. The highest BCUT2D eigenvalue weighted by atomic mass is 35.7. The Hall–Kier alpha value is -2.70. The second kappa shape index (κ2) is 6.48. The van der Waals surface area contributed by atoms with Gasteiger partial charge in [-0.15, -0.1) is 0 Å². The van der Waals surface area contributed by atoms with E-state index in [1.54, 1.807) is 7.11 Å². The van der Waals surface area contributed by atoms with Gasteiger partial charge in [-0.2, -0.15) is 0 Å². The molecule has 0 saturated heterocycles. The van der Waals surface area contributed by atoms with E-state index >= 15 is 0 Å². The average molecular weight is 402 g/mol. The molecule has 3 aromatic carbocycles. The van der Waals surface area contributed by atoms with E-state index < -0.39 is 9.05 Å². The van der Waals surface area contributed by atoms with Gasteiger partial charge >= 0.3 is 0 Å². The van der Waals surface area contributed by atoms with Crippen molar-refractivity contribution in [2.45, 2.75) is 4.90 Å². The maximum atomic E-state index is 12.4. The SMILES string of the molecule is COc1ccc2c(c1)c1cc(OC)cc(S(=O)(=O)Cl)c1n2-c1ccccc1. The molecule has 1 heterocycles. The van der Waals surface area contributed by atoms with E-state index in [4.69, 9.17) is 20.2 Å². The molecule has 0 bridgehead atoms. The fourth-order valence-corrected chi connectivity index (χ4v) is 4.38. The Labute approximate surface area is 161 Å². The lowest BCUT2D eigenvalue weighted by Crippen LogP contribution is -2.00. The number of hydrogen-bond acceptors (Lipinski definition) is 4. The first kappa shape index (κ1) is 17.7. The molecule has 0 aliphatic carbocycles. The molecule has 0 fully saturated rings. The zero-order valence-corrected chi connectivity index (χ0v) is 16.2. The minimum atomic E-state index is -4.02. The van der Waals surface area contributed by atoms with Gasteiger partial charge in [0, 0.05) is 33.2 Å². The number of aromatic nitrogens is 1. The third-order valence-electron chi connectivity index (χ3n) is 4.52. The molecule has 0 saturated carbocycles. The molecule has 4 rings (SSSR count). The summed E-state index contributed by atoms with van der Waals surface area (Å²) in [5.74, 6) is 1.09. The number of rotatable bonds is 4. The molecule has 5 nitrogen and oxygen atoms in total. The largest absolute Gasteiger partial charge is 0.497 e. The van der Waals surface area contributed by atoms with Crippen molar-refractivity contribution in [3.05, 3.63) is 60.7 Å².